The van der Waals surface area contributed by atoms with Gasteiger partial charge in [-0.1, -0.05) is 18.2 Å². The number of carbonyl (C=O) groups excluding carboxylic acids is 1. The Morgan fingerprint density at radius 3 is 2.58 bits per heavy atom. The van der Waals surface area contributed by atoms with E-state index in [0.717, 1.165) is 37.7 Å². The van der Waals surface area contributed by atoms with Crippen LogP contribution in [-0.2, 0) is 14.6 Å². The van der Waals surface area contributed by atoms with Crippen molar-refractivity contribution in [1.82, 2.24) is 5.32 Å². The Bertz CT molecular complexity index is 592. The van der Waals surface area contributed by atoms with Gasteiger partial charge in [0.25, 0.3) is 0 Å². The Balaban J connectivity index is 2.04. The van der Waals surface area contributed by atoms with Crippen LogP contribution in [0.3, 0.4) is 0 Å². The van der Waals surface area contributed by atoms with Crippen LogP contribution in [0.15, 0.2) is 29.2 Å². The fraction of sp³-hybridized carbons (Fsp3) is 0.500. The Morgan fingerprint density at radius 2 is 1.89 bits per heavy atom. The van der Waals surface area contributed by atoms with Crippen LogP contribution in [0, 0.1) is 5.92 Å². The summed E-state index contributed by atoms with van der Waals surface area (Å²) in [5.41, 5.74) is 0.754. The summed E-state index contributed by atoms with van der Waals surface area (Å²) in [4.78, 5) is 11.5. The second-order valence-corrected chi connectivity index (χ2v) is 7.50. The predicted molar refractivity (Wildman–Crippen MR) is 71.6 cm³/mol. The normalized spacial score (nSPS) is 27.4. The zero-order chi connectivity index (χ0) is 13.5. The molecule has 2 fully saturated rings. The minimum atomic E-state index is -3.22. The third-order valence-electron chi connectivity index (χ3n) is 3.97. The Kier molecular flexibility index (Phi) is 3.19. The monoisotopic (exact) mass is 279 g/mol. The lowest BCUT2D eigenvalue weighted by molar-refractivity contribution is -0.111. The molecule has 102 valence electrons. The van der Waals surface area contributed by atoms with Crippen molar-refractivity contribution in [1.29, 1.82) is 0 Å². The van der Waals surface area contributed by atoms with E-state index in [1.807, 2.05) is 12.1 Å². The first kappa shape index (κ1) is 12.8. The molecule has 1 heterocycles. The molecule has 1 aromatic carbocycles. The average Bonchev–Trinajstić information content (AvgIpc) is 3.18. The van der Waals surface area contributed by atoms with E-state index in [9.17, 15) is 13.2 Å². The molecule has 1 aromatic rings. The zero-order valence-corrected chi connectivity index (χ0v) is 11.4. The second kappa shape index (κ2) is 4.72. The summed E-state index contributed by atoms with van der Waals surface area (Å²) in [5.74, 6) is -0.129. The van der Waals surface area contributed by atoms with Crippen molar-refractivity contribution in [3.63, 3.8) is 0 Å². The highest BCUT2D eigenvalue weighted by Gasteiger charge is 2.40. The lowest BCUT2D eigenvalue weighted by Gasteiger charge is -2.19. The van der Waals surface area contributed by atoms with Gasteiger partial charge in [-0.2, -0.15) is 0 Å². The lowest BCUT2D eigenvalue weighted by atomic mass is 9.95. The maximum Gasteiger partial charge on any atom is 0.181 e. The fourth-order valence-corrected chi connectivity index (χ4v) is 4.67. The molecule has 0 aromatic heterocycles. The number of hydrogen-bond donors (Lipinski definition) is 1. The van der Waals surface area contributed by atoms with Gasteiger partial charge in [-0.25, -0.2) is 8.42 Å². The van der Waals surface area contributed by atoms with Crippen LogP contribution in [0.4, 0.5) is 0 Å². The van der Waals surface area contributed by atoms with Crippen LogP contribution in [-0.4, -0.2) is 26.5 Å². The number of sulfone groups is 1. The number of hydrogen-bond acceptors (Lipinski definition) is 4. The molecule has 1 N–H and O–H groups in total. The quantitative estimate of drug-likeness (QED) is 0.848. The van der Waals surface area contributed by atoms with Crippen molar-refractivity contribution in [3.8, 4) is 0 Å². The van der Waals surface area contributed by atoms with Gasteiger partial charge in [0, 0.05) is 12.0 Å². The Labute approximate surface area is 113 Å². The molecule has 0 spiro atoms. The fourth-order valence-electron chi connectivity index (χ4n) is 2.77. The highest BCUT2D eigenvalue weighted by Crippen LogP contribution is 2.38. The first-order valence-electron chi connectivity index (χ1n) is 6.66. The van der Waals surface area contributed by atoms with Gasteiger partial charge in [-0.05, 0) is 37.4 Å². The molecule has 0 bridgehead atoms. The third kappa shape index (κ3) is 2.21. The van der Waals surface area contributed by atoms with Crippen LogP contribution >= 0.6 is 0 Å². The molecule has 1 aliphatic heterocycles. The summed E-state index contributed by atoms with van der Waals surface area (Å²) in [5, 5.41) is 3.03. The van der Waals surface area contributed by atoms with Gasteiger partial charge in [0.2, 0.25) is 0 Å². The van der Waals surface area contributed by atoms with Crippen molar-refractivity contribution < 1.29 is 13.2 Å². The SMILES string of the molecule is O=C[C@@H]1CCN[C@H]1c1ccccc1S(=O)(=O)C1CC1. The number of carbonyl (C=O) groups is 1. The summed E-state index contributed by atoms with van der Waals surface area (Å²) >= 11 is 0. The lowest BCUT2D eigenvalue weighted by Crippen LogP contribution is -2.22. The van der Waals surface area contributed by atoms with E-state index in [4.69, 9.17) is 0 Å². The van der Waals surface area contributed by atoms with E-state index >= 15 is 0 Å². The highest BCUT2D eigenvalue weighted by molar-refractivity contribution is 7.92. The summed E-state index contributed by atoms with van der Waals surface area (Å²) in [6.45, 7) is 0.756. The molecule has 4 nitrogen and oxygen atoms in total. The van der Waals surface area contributed by atoms with Gasteiger partial charge in [-0.15, -0.1) is 0 Å². The summed E-state index contributed by atoms with van der Waals surface area (Å²) in [7, 11) is -3.22. The number of rotatable bonds is 4. The minimum Gasteiger partial charge on any atom is -0.309 e. The summed E-state index contributed by atoms with van der Waals surface area (Å²) in [6.07, 6.45) is 3.22. The van der Waals surface area contributed by atoms with Crippen LogP contribution in [0.5, 0.6) is 0 Å². The maximum atomic E-state index is 12.5. The van der Waals surface area contributed by atoms with Gasteiger partial charge < -0.3 is 10.1 Å². The van der Waals surface area contributed by atoms with Gasteiger partial charge in [0.1, 0.15) is 6.29 Å². The smallest absolute Gasteiger partial charge is 0.181 e. The Morgan fingerprint density at radius 1 is 1.16 bits per heavy atom. The van der Waals surface area contributed by atoms with E-state index in [-0.39, 0.29) is 17.2 Å². The number of benzene rings is 1. The van der Waals surface area contributed by atoms with E-state index in [0.29, 0.717) is 4.90 Å². The van der Waals surface area contributed by atoms with Crippen molar-refractivity contribution in [2.24, 2.45) is 5.92 Å². The molecular weight excluding hydrogens is 262 g/mol. The van der Waals surface area contributed by atoms with Gasteiger partial charge in [0.15, 0.2) is 9.84 Å². The van der Waals surface area contributed by atoms with E-state index in [2.05, 4.69) is 5.32 Å². The third-order valence-corrected chi connectivity index (χ3v) is 6.30. The molecule has 1 aliphatic carbocycles. The molecule has 0 radical (unpaired) electrons. The molecule has 5 heteroatoms. The molecule has 0 unspecified atom stereocenters. The van der Waals surface area contributed by atoms with Crippen molar-refractivity contribution in [2.75, 3.05) is 6.54 Å². The van der Waals surface area contributed by atoms with E-state index in [1.165, 1.54) is 0 Å². The highest BCUT2D eigenvalue weighted by atomic mass is 32.2. The Hall–Kier alpha value is -1.20. The van der Waals surface area contributed by atoms with Gasteiger partial charge in [0.05, 0.1) is 10.1 Å². The molecule has 2 aliphatic rings. The zero-order valence-electron chi connectivity index (χ0n) is 10.6. The molecule has 2 atom stereocenters. The van der Waals surface area contributed by atoms with Crippen LogP contribution in [0.2, 0.25) is 0 Å². The van der Waals surface area contributed by atoms with Crippen LogP contribution in [0.1, 0.15) is 30.9 Å². The molecule has 1 saturated heterocycles. The first-order valence-corrected chi connectivity index (χ1v) is 8.20. The molecule has 0 amide bonds. The standard InChI is InChI=1S/C14H17NO3S/c16-9-10-7-8-15-14(10)12-3-1-2-4-13(12)19(17,18)11-5-6-11/h1-4,9-11,14-15H,5-8H2/t10-,14+/m0/s1. The van der Waals surface area contributed by atoms with Gasteiger partial charge in [-0.3, -0.25) is 0 Å². The topological polar surface area (TPSA) is 63.2 Å². The van der Waals surface area contributed by atoms with Crippen LogP contribution in [0.25, 0.3) is 0 Å². The van der Waals surface area contributed by atoms with Crippen molar-refractivity contribution in [3.05, 3.63) is 29.8 Å². The maximum absolute atomic E-state index is 12.5. The average molecular weight is 279 g/mol. The second-order valence-electron chi connectivity index (χ2n) is 5.30. The molecular formula is C14H17NO3S. The molecule has 1 saturated carbocycles. The first-order chi connectivity index (χ1) is 9.14. The predicted octanol–water partition coefficient (Wildman–Crippen LogP) is 1.47. The summed E-state index contributed by atoms with van der Waals surface area (Å²) in [6, 6.07) is 6.93. The number of aldehydes is 1. The minimum absolute atomic E-state index is 0.129. The molecule has 3 rings (SSSR count). The van der Waals surface area contributed by atoms with Crippen molar-refractivity contribution >= 4 is 16.1 Å². The molecule has 19 heavy (non-hydrogen) atoms. The van der Waals surface area contributed by atoms with E-state index < -0.39 is 9.84 Å². The van der Waals surface area contributed by atoms with Gasteiger partial charge >= 0.3 is 0 Å². The van der Waals surface area contributed by atoms with Crippen LogP contribution < -0.4 is 5.32 Å². The number of nitrogens with one attached hydrogen (secondary N) is 1. The van der Waals surface area contributed by atoms with E-state index in [1.54, 1.807) is 12.1 Å². The van der Waals surface area contributed by atoms with Crippen molar-refractivity contribution in [2.45, 2.75) is 35.4 Å². The largest absolute Gasteiger partial charge is 0.309 e. The summed E-state index contributed by atoms with van der Waals surface area (Å²) < 4.78 is 24.9.